The summed E-state index contributed by atoms with van der Waals surface area (Å²) in [5.74, 6) is -0.660. The van der Waals surface area contributed by atoms with Gasteiger partial charge in [0.2, 0.25) is 0 Å². The number of nitrogens with one attached hydrogen (secondary N) is 1. The van der Waals surface area contributed by atoms with Gasteiger partial charge < -0.3 is 5.32 Å². The van der Waals surface area contributed by atoms with Crippen molar-refractivity contribution in [2.24, 2.45) is 0 Å². The fraction of sp³-hybridized carbons (Fsp3) is 0.0625. The number of benzene rings is 2. The van der Waals surface area contributed by atoms with Crippen LogP contribution in [0.5, 0.6) is 0 Å². The first-order valence-corrected chi connectivity index (χ1v) is 6.43. The number of hydrogen-bond donors (Lipinski definition) is 1. The molecule has 2 rings (SSSR count). The van der Waals surface area contributed by atoms with Gasteiger partial charge in [0.25, 0.3) is 5.91 Å². The topological polar surface area (TPSA) is 29.1 Å². The lowest BCUT2D eigenvalue weighted by molar-refractivity contribution is -0.112. The van der Waals surface area contributed by atoms with Gasteiger partial charge in [-0.2, -0.15) is 0 Å². The lowest BCUT2D eigenvalue weighted by Crippen LogP contribution is -2.12. The van der Waals surface area contributed by atoms with Crippen molar-refractivity contribution >= 4 is 29.3 Å². The van der Waals surface area contributed by atoms with Crippen molar-refractivity contribution in [3.05, 3.63) is 70.5 Å². The van der Waals surface area contributed by atoms with Gasteiger partial charge in [0.05, 0.1) is 0 Å². The van der Waals surface area contributed by atoms with Crippen LogP contribution in [0.25, 0.3) is 6.08 Å². The van der Waals surface area contributed by atoms with E-state index in [1.807, 2.05) is 12.1 Å². The molecule has 2 aromatic rings. The zero-order valence-electron chi connectivity index (χ0n) is 10.9. The van der Waals surface area contributed by atoms with Crippen LogP contribution in [0.2, 0.25) is 5.02 Å². The first-order chi connectivity index (χ1) is 9.54. The Morgan fingerprint density at radius 1 is 1.20 bits per heavy atom. The summed E-state index contributed by atoms with van der Waals surface area (Å²) < 4.78 is 13.0. The van der Waals surface area contributed by atoms with Gasteiger partial charge in [-0.15, -0.1) is 0 Å². The molecule has 0 radical (unpaired) electrons. The summed E-state index contributed by atoms with van der Waals surface area (Å²) in [5, 5.41) is 3.28. The highest BCUT2D eigenvalue weighted by atomic mass is 35.5. The Balaban J connectivity index is 2.10. The number of hydrogen-bond acceptors (Lipinski definition) is 1. The molecule has 102 valence electrons. The van der Waals surface area contributed by atoms with Gasteiger partial charge in [-0.25, -0.2) is 4.39 Å². The summed E-state index contributed by atoms with van der Waals surface area (Å²) >= 11 is 5.80. The highest BCUT2D eigenvalue weighted by Crippen LogP contribution is 2.14. The summed E-state index contributed by atoms with van der Waals surface area (Å²) in [4.78, 5) is 12.0. The van der Waals surface area contributed by atoms with Crippen LogP contribution in [-0.2, 0) is 4.79 Å². The minimum Gasteiger partial charge on any atom is -0.322 e. The van der Waals surface area contributed by atoms with Crippen LogP contribution < -0.4 is 5.32 Å². The molecule has 0 aliphatic carbocycles. The third-order valence-electron chi connectivity index (χ3n) is 2.69. The maximum Gasteiger partial charge on any atom is 0.251 e. The average Bonchev–Trinajstić information content (AvgIpc) is 2.41. The Hall–Kier alpha value is -2.13. The van der Waals surface area contributed by atoms with E-state index in [-0.39, 0.29) is 11.7 Å². The van der Waals surface area contributed by atoms with Crippen LogP contribution in [-0.4, -0.2) is 5.91 Å². The Morgan fingerprint density at radius 3 is 2.55 bits per heavy atom. The molecule has 0 fully saturated rings. The van der Waals surface area contributed by atoms with Gasteiger partial charge in [0, 0.05) is 16.3 Å². The molecular weight excluding hydrogens is 277 g/mol. The largest absolute Gasteiger partial charge is 0.322 e. The molecule has 0 saturated heterocycles. The van der Waals surface area contributed by atoms with E-state index >= 15 is 0 Å². The molecule has 0 aromatic heterocycles. The van der Waals surface area contributed by atoms with Gasteiger partial charge >= 0.3 is 0 Å². The van der Waals surface area contributed by atoms with Gasteiger partial charge in [-0.3, -0.25) is 4.79 Å². The van der Waals surface area contributed by atoms with E-state index in [9.17, 15) is 9.18 Å². The van der Waals surface area contributed by atoms with Gasteiger partial charge in [0.15, 0.2) is 0 Å². The third kappa shape index (κ3) is 3.93. The SMILES string of the molecule is C/C(=C\c1ccc(Cl)cc1)C(=O)Nc1cccc(F)c1. The maximum absolute atomic E-state index is 13.0. The van der Waals surface area contributed by atoms with Gasteiger partial charge in [-0.05, 0) is 48.9 Å². The van der Waals surface area contributed by atoms with Gasteiger partial charge in [0.1, 0.15) is 5.82 Å². The third-order valence-corrected chi connectivity index (χ3v) is 2.95. The van der Waals surface area contributed by atoms with Crippen molar-refractivity contribution in [2.45, 2.75) is 6.92 Å². The summed E-state index contributed by atoms with van der Waals surface area (Å²) in [6.07, 6.45) is 1.74. The van der Waals surface area contributed by atoms with Gasteiger partial charge in [-0.1, -0.05) is 29.8 Å². The zero-order chi connectivity index (χ0) is 14.5. The van der Waals surface area contributed by atoms with Crippen molar-refractivity contribution in [3.63, 3.8) is 0 Å². The molecule has 0 aliphatic heterocycles. The number of halogens is 2. The van der Waals surface area contributed by atoms with E-state index in [2.05, 4.69) is 5.32 Å². The molecule has 0 heterocycles. The first kappa shape index (κ1) is 14.3. The van der Waals surface area contributed by atoms with Crippen molar-refractivity contribution in [1.82, 2.24) is 0 Å². The molecular formula is C16H13ClFNO. The fourth-order valence-corrected chi connectivity index (χ4v) is 1.80. The zero-order valence-corrected chi connectivity index (χ0v) is 11.6. The smallest absolute Gasteiger partial charge is 0.251 e. The highest BCUT2D eigenvalue weighted by Gasteiger charge is 2.05. The average molecular weight is 290 g/mol. The second kappa shape index (κ2) is 6.35. The minimum absolute atomic E-state index is 0.273. The Bertz CT molecular complexity index is 650. The monoisotopic (exact) mass is 289 g/mol. The molecule has 2 aromatic carbocycles. The molecule has 2 nitrogen and oxygen atoms in total. The molecule has 0 aliphatic rings. The molecule has 0 unspecified atom stereocenters. The summed E-state index contributed by atoms with van der Waals surface area (Å²) in [6.45, 7) is 1.70. The number of amides is 1. The van der Waals surface area contributed by atoms with Crippen LogP contribution >= 0.6 is 11.6 Å². The minimum atomic E-state index is -0.387. The summed E-state index contributed by atoms with van der Waals surface area (Å²) in [7, 11) is 0. The number of anilines is 1. The molecule has 4 heteroatoms. The Kier molecular flexibility index (Phi) is 4.53. The lowest BCUT2D eigenvalue weighted by Gasteiger charge is -2.05. The summed E-state index contributed by atoms with van der Waals surface area (Å²) in [6, 6.07) is 12.9. The Labute approximate surface area is 121 Å². The fourth-order valence-electron chi connectivity index (χ4n) is 1.67. The highest BCUT2D eigenvalue weighted by molar-refractivity contribution is 6.30. The molecule has 1 amide bonds. The summed E-state index contributed by atoms with van der Waals surface area (Å²) in [5.41, 5.74) is 1.83. The van der Waals surface area contributed by atoms with E-state index in [1.54, 1.807) is 37.3 Å². The van der Waals surface area contributed by atoms with Crippen molar-refractivity contribution in [1.29, 1.82) is 0 Å². The van der Waals surface area contributed by atoms with Crippen molar-refractivity contribution < 1.29 is 9.18 Å². The van der Waals surface area contributed by atoms with Crippen LogP contribution in [0.1, 0.15) is 12.5 Å². The number of carbonyl (C=O) groups excluding carboxylic acids is 1. The molecule has 1 N–H and O–H groups in total. The van der Waals surface area contributed by atoms with E-state index in [4.69, 9.17) is 11.6 Å². The quantitative estimate of drug-likeness (QED) is 0.827. The van der Waals surface area contributed by atoms with Crippen LogP contribution in [0.3, 0.4) is 0 Å². The normalized spacial score (nSPS) is 11.2. The first-order valence-electron chi connectivity index (χ1n) is 6.05. The standard InChI is InChI=1S/C16H13ClFNO/c1-11(9-12-5-7-13(17)8-6-12)16(20)19-15-4-2-3-14(18)10-15/h2-10H,1H3,(H,19,20)/b11-9+. The maximum atomic E-state index is 13.0. The molecule has 0 saturated carbocycles. The van der Waals surface area contributed by atoms with Crippen LogP contribution in [0.4, 0.5) is 10.1 Å². The van der Waals surface area contributed by atoms with Crippen molar-refractivity contribution in [2.75, 3.05) is 5.32 Å². The van der Waals surface area contributed by atoms with E-state index in [0.29, 0.717) is 16.3 Å². The molecule has 0 atom stereocenters. The van der Waals surface area contributed by atoms with E-state index in [1.165, 1.54) is 12.1 Å². The van der Waals surface area contributed by atoms with E-state index < -0.39 is 0 Å². The lowest BCUT2D eigenvalue weighted by atomic mass is 10.1. The Morgan fingerprint density at radius 2 is 1.90 bits per heavy atom. The van der Waals surface area contributed by atoms with Crippen LogP contribution in [0, 0.1) is 5.82 Å². The predicted molar refractivity (Wildman–Crippen MR) is 80.1 cm³/mol. The molecule has 0 bridgehead atoms. The number of rotatable bonds is 3. The number of carbonyl (C=O) groups is 1. The molecule has 20 heavy (non-hydrogen) atoms. The second-order valence-corrected chi connectivity index (χ2v) is 4.78. The van der Waals surface area contributed by atoms with Crippen molar-refractivity contribution in [3.8, 4) is 0 Å². The van der Waals surface area contributed by atoms with Crippen LogP contribution in [0.15, 0.2) is 54.1 Å². The van der Waals surface area contributed by atoms with E-state index in [0.717, 1.165) is 5.56 Å². The molecule has 0 spiro atoms. The predicted octanol–water partition coefficient (Wildman–Crippen LogP) is 4.52. The second-order valence-electron chi connectivity index (χ2n) is 4.34.